The molecule has 6 nitrogen and oxygen atoms in total. The highest BCUT2D eigenvalue weighted by atomic mass is 35.5. The summed E-state index contributed by atoms with van der Waals surface area (Å²) in [6.07, 6.45) is 5.48. The summed E-state index contributed by atoms with van der Waals surface area (Å²) in [6, 6.07) is 9.08. The van der Waals surface area contributed by atoms with E-state index in [1.807, 2.05) is 29.8 Å². The molecule has 3 aromatic rings. The molecule has 2 aliphatic rings. The molecule has 2 atom stereocenters. The van der Waals surface area contributed by atoms with E-state index in [0.717, 1.165) is 48.5 Å². The standard InChI is InChI=1S/C27H27Cl3N2O4S/c1-32-21-13-18(29)17(28)12-20(21)31-26(32)37-24-22(33)14-27(36-25(24)34,16-5-3-4-6-16)10-9-15-7-8-23(35-2)19(30)11-15/h7-8,11-13,16,24H,3-6,9-10,14H2,1-2H3. The predicted molar refractivity (Wildman–Crippen MR) is 147 cm³/mol. The summed E-state index contributed by atoms with van der Waals surface area (Å²) >= 11 is 19.8. The first-order valence-electron chi connectivity index (χ1n) is 12.3. The number of carbonyl (C=O) groups excluding carboxylic acids is 2. The van der Waals surface area contributed by atoms with Crippen molar-refractivity contribution in [1.29, 1.82) is 0 Å². The minimum absolute atomic E-state index is 0.121. The van der Waals surface area contributed by atoms with Crippen molar-refractivity contribution in [1.82, 2.24) is 9.55 Å². The number of fused-ring (bicyclic) bond motifs is 1. The van der Waals surface area contributed by atoms with Gasteiger partial charge in [-0.1, -0.05) is 65.5 Å². The summed E-state index contributed by atoms with van der Waals surface area (Å²) in [7, 11) is 3.40. The molecule has 0 N–H and O–H groups in total. The molecule has 2 unspecified atom stereocenters. The van der Waals surface area contributed by atoms with Crippen molar-refractivity contribution in [3.05, 3.63) is 51.0 Å². The Balaban J connectivity index is 1.37. The highest BCUT2D eigenvalue weighted by Gasteiger charge is 2.52. The summed E-state index contributed by atoms with van der Waals surface area (Å²) < 4.78 is 13.3. The van der Waals surface area contributed by atoms with Crippen molar-refractivity contribution in [2.24, 2.45) is 13.0 Å². The van der Waals surface area contributed by atoms with Gasteiger partial charge in [-0.25, -0.2) is 4.98 Å². The lowest BCUT2D eigenvalue weighted by Gasteiger charge is -2.42. The first kappa shape index (κ1) is 26.7. The van der Waals surface area contributed by atoms with Crippen molar-refractivity contribution < 1.29 is 19.1 Å². The molecular weight excluding hydrogens is 555 g/mol. The van der Waals surface area contributed by atoms with Crippen LogP contribution in [0.4, 0.5) is 0 Å². The van der Waals surface area contributed by atoms with E-state index in [-0.39, 0.29) is 18.1 Å². The summed E-state index contributed by atoms with van der Waals surface area (Å²) in [5, 5.41) is 0.919. The van der Waals surface area contributed by atoms with Crippen molar-refractivity contribution in [3.8, 4) is 5.75 Å². The Morgan fingerprint density at radius 2 is 1.84 bits per heavy atom. The quantitative estimate of drug-likeness (QED) is 0.219. The fourth-order valence-electron chi connectivity index (χ4n) is 5.54. The van der Waals surface area contributed by atoms with Gasteiger partial charge in [0, 0.05) is 13.5 Å². The molecule has 2 aromatic carbocycles. The molecule has 10 heteroatoms. The minimum atomic E-state index is -0.966. The minimum Gasteiger partial charge on any atom is -0.495 e. The maximum absolute atomic E-state index is 13.5. The number of nitrogens with zero attached hydrogens (tertiary/aromatic N) is 2. The van der Waals surface area contributed by atoms with Gasteiger partial charge in [-0.05, 0) is 61.4 Å². The average molecular weight is 582 g/mol. The molecule has 0 bridgehead atoms. The topological polar surface area (TPSA) is 70.4 Å². The highest BCUT2D eigenvalue weighted by Crippen LogP contribution is 2.46. The van der Waals surface area contributed by atoms with Crippen LogP contribution in [0.3, 0.4) is 0 Å². The van der Waals surface area contributed by atoms with E-state index in [0.29, 0.717) is 44.3 Å². The van der Waals surface area contributed by atoms with Gasteiger partial charge in [-0.2, -0.15) is 0 Å². The molecule has 2 heterocycles. The zero-order valence-electron chi connectivity index (χ0n) is 20.6. The number of esters is 1. The molecule has 1 aliphatic heterocycles. The predicted octanol–water partition coefficient (Wildman–Crippen LogP) is 7.08. The van der Waals surface area contributed by atoms with Crippen LogP contribution in [-0.2, 0) is 27.8 Å². The van der Waals surface area contributed by atoms with Crippen LogP contribution in [0.2, 0.25) is 15.1 Å². The number of halogens is 3. The lowest BCUT2D eigenvalue weighted by atomic mass is 9.76. The third-order valence-electron chi connectivity index (χ3n) is 7.54. The zero-order valence-corrected chi connectivity index (χ0v) is 23.6. The smallest absolute Gasteiger partial charge is 0.327 e. The maximum atomic E-state index is 13.5. The Morgan fingerprint density at radius 3 is 2.51 bits per heavy atom. The van der Waals surface area contributed by atoms with Crippen LogP contribution in [-0.4, -0.2) is 39.3 Å². The van der Waals surface area contributed by atoms with Gasteiger partial charge >= 0.3 is 5.97 Å². The van der Waals surface area contributed by atoms with E-state index < -0.39 is 16.8 Å². The van der Waals surface area contributed by atoms with Gasteiger partial charge in [-0.15, -0.1) is 0 Å². The number of imidazole rings is 1. The number of rotatable bonds is 7. The monoisotopic (exact) mass is 580 g/mol. The number of aryl methyl sites for hydroxylation is 2. The molecule has 0 radical (unpaired) electrons. The van der Waals surface area contributed by atoms with Crippen LogP contribution in [0.25, 0.3) is 11.0 Å². The number of ether oxygens (including phenoxy) is 2. The second-order valence-corrected chi connectivity index (χ2v) is 12.1. The molecular formula is C27H27Cl3N2O4S. The van der Waals surface area contributed by atoms with E-state index in [2.05, 4.69) is 4.98 Å². The zero-order chi connectivity index (χ0) is 26.3. The van der Waals surface area contributed by atoms with Crippen molar-refractivity contribution in [2.45, 2.75) is 61.0 Å². The van der Waals surface area contributed by atoms with Crippen molar-refractivity contribution >= 4 is 69.4 Å². The number of hydrogen-bond acceptors (Lipinski definition) is 6. The molecule has 0 amide bonds. The maximum Gasteiger partial charge on any atom is 0.327 e. The number of thioether (sulfide) groups is 1. The third kappa shape index (κ3) is 5.20. The summed E-state index contributed by atoms with van der Waals surface area (Å²) in [6.45, 7) is 0. The Morgan fingerprint density at radius 1 is 1.11 bits per heavy atom. The van der Waals surface area contributed by atoms with Crippen LogP contribution in [0, 0.1) is 5.92 Å². The number of hydrogen-bond donors (Lipinski definition) is 0. The number of ketones is 1. The molecule has 0 spiro atoms. The molecule has 1 saturated carbocycles. The number of carbonyl (C=O) groups is 2. The summed E-state index contributed by atoms with van der Waals surface area (Å²) in [4.78, 5) is 31.5. The van der Waals surface area contributed by atoms with Gasteiger partial charge in [0.15, 0.2) is 16.2 Å². The highest BCUT2D eigenvalue weighted by molar-refractivity contribution is 8.01. The fourth-order valence-corrected chi connectivity index (χ4v) is 7.12. The van der Waals surface area contributed by atoms with E-state index in [4.69, 9.17) is 44.3 Å². The fraction of sp³-hybridized carbons (Fsp3) is 0.444. The van der Waals surface area contributed by atoms with Gasteiger partial charge in [0.2, 0.25) is 0 Å². The Kier molecular flexibility index (Phi) is 7.70. The second-order valence-electron chi connectivity index (χ2n) is 9.79. The Hall–Kier alpha value is -1.93. The van der Waals surface area contributed by atoms with Crippen LogP contribution < -0.4 is 4.74 Å². The molecule has 1 aliphatic carbocycles. The number of aromatic nitrogens is 2. The Bertz CT molecular complexity index is 1350. The van der Waals surface area contributed by atoms with E-state index in [1.165, 1.54) is 0 Å². The lowest BCUT2D eigenvalue weighted by Crippen LogP contribution is -2.53. The summed E-state index contributed by atoms with van der Waals surface area (Å²) in [5.41, 5.74) is 1.63. The second kappa shape index (κ2) is 10.7. The van der Waals surface area contributed by atoms with Crippen molar-refractivity contribution in [2.75, 3.05) is 7.11 Å². The van der Waals surface area contributed by atoms with Crippen LogP contribution in [0.5, 0.6) is 5.75 Å². The lowest BCUT2D eigenvalue weighted by molar-refractivity contribution is -0.177. The van der Waals surface area contributed by atoms with Crippen LogP contribution in [0.1, 0.15) is 44.1 Å². The van der Waals surface area contributed by atoms with Gasteiger partial charge in [0.1, 0.15) is 11.4 Å². The number of Topliss-reactive ketones (excluding diaryl/α,β-unsaturated/α-hetero) is 1. The van der Waals surface area contributed by atoms with E-state index in [1.54, 1.807) is 19.2 Å². The van der Waals surface area contributed by atoms with Gasteiger partial charge in [-0.3, -0.25) is 9.59 Å². The van der Waals surface area contributed by atoms with Crippen molar-refractivity contribution in [3.63, 3.8) is 0 Å². The first-order chi connectivity index (χ1) is 17.7. The van der Waals surface area contributed by atoms with Gasteiger partial charge in [0.25, 0.3) is 0 Å². The Labute approximate surface area is 234 Å². The SMILES string of the molecule is COc1ccc(CCC2(C3CCCC3)CC(=O)C(Sc3nc4cc(Cl)c(Cl)cc4n3C)C(=O)O2)cc1Cl. The number of methoxy groups -OCH3 is 1. The summed E-state index contributed by atoms with van der Waals surface area (Å²) in [5.74, 6) is 0.162. The first-order valence-corrected chi connectivity index (χ1v) is 14.3. The molecule has 2 fully saturated rings. The molecule has 1 saturated heterocycles. The normalized spacial score (nSPS) is 22.6. The average Bonchev–Trinajstić information content (AvgIpc) is 3.50. The van der Waals surface area contributed by atoms with E-state index in [9.17, 15) is 9.59 Å². The van der Waals surface area contributed by atoms with Crippen LogP contribution in [0.15, 0.2) is 35.5 Å². The van der Waals surface area contributed by atoms with Gasteiger partial charge in [0.05, 0.1) is 33.2 Å². The van der Waals surface area contributed by atoms with Gasteiger partial charge < -0.3 is 14.0 Å². The molecule has 1 aromatic heterocycles. The van der Waals surface area contributed by atoms with E-state index >= 15 is 0 Å². The molecule has 196 valence electrons. The molecule has 5 rings (SSSR count). The number of cyclic esters (lactones) is 1. The largest absolute Gasteiger partial charge is 0.495 e. The third-order valence-corrected chi connectivity index (χ3v) is 9.83. The molecule has 37 heavy (non-hydrogen) atoms. The number of benzene rings is 2. The van der Waals surface area contributed by atoms with Crippen LogP contribution >= 0.6 is 46.6 Å².